The van der Waals surface area contributed by atoms with Crippen LogP contribution in [-0.2, 0) is 0 Å². The molecular weight excluding hydrogens is 144 g/mol. The predicted octanol–water partition coefficient (Wildman–Crippen LogP) is 3.87. The maximum Gasteiger partial charge on any atom is -0.0267 e. The van der Waals surface area contributed by atoms with Crippen molar-refractivity contribution in [2.75, 3.05) is 0 Å². The summed E-state index contributed by atoms with van der Waals surface area (Å²) in [6, 6.07) is 0. The molecule has 0 atom stereocenters. The first-order valence-corrected chi connectivity index (χ1v) is 4.74. The minimum absolute atomic E-state index is 0.815. The molecule has 0 aliphatic heterocycles. The topological polar surface area (TPSA) is 0 Å². The average Bonchev–Trinajstić information content (AvgIpc) is 2.51. The van der Waals surface area contributed by atoms with Crippen LogP contribution in [-0.4, -0.2) is 0 Å². The summed E-state index contributed by atoms with van der Waals surface area (Å²) in [6.07, 6.45) is 11.1. The molecule has 0 N–H and O–H groups in total. The van der Waals surface area contributed by atoms with Crippen LogP contribution in [0.4, 0.5) is 0 Å². The fourth-order valence-electron chi connectivity index (χ4n) is 1.31. The van der Waals surface area contributed by atoms with Crippen molar-refractivity contribution >= 4 is 0 Å². The summed E-state index contributed by atoms with van der Waals surface area (Å²) in [5.74, 6) is 0.815. The van der Waals surface area contributed by atoms with Gasteiger partial charge in [-0.15, -0.1) is 0 Å². The van der Waals surface area contributed by atoms with Gasteiger partial charge in [0.25, 0.3) is 0 Å². The van der Waals surface area contributed by atoms with E-state index < -0.39 is 0 Å². The lowest BCUT2D eigenvalue weighted by atomic mass is 10.0. The normalized spacial score (nSPS) is 14.8. The number of rotatable bonds is 3. The van der Waals surface area contributed by atoms with Crippen molar-refractivity contribution in [2.24, 2.45) is 5.92 Å². The van der Waals surface area contributed by atoms with E-state index >= 15 is 0 Å². The Bertz CT molecular complexity index is 212. The fourth-order valence-corrected chi connectivity index (χ4v) is 1.31. The van der Waals surface area contributed by atoms with Crippen molar-refractivity contribution in [2.45, 2.75) is 33.6 Å². The molecule has 0 aromatic heterocycles. The first-order valence-electron chi connectivity index (χ1n) is 4.74. The third-order valence-corrected chi connectivity index (χ3v) is 2.25. The summed E-state index contributed by atoms with van der Waals surface area (Å²) in [5.41, 5.74) is 2.93. The van der Waals surface area contributed by atoms with Crippen molar-refractivity contribution in [3.05, 3.63) is 35.5 Å². The monoisotopic (exact) mass is 162 g/mol. The van der Waals surface area contributed by atoms with Crippen molar-refractivity contribution in [1.29, 1.82) is 0 Å². The molecule has 0 spiro atoms. The van der Waals surface area contributed by atoms with Crippen molar-refractivity contribution in [3.63, 3.8) is 0 Å². The molecule has 0 saturated carbocycles. The lowest BCUT2D eigenvalue weighted by Crippen LogP contribution is -1.89. The first-order chi connectivity index (χ1) is 5.70. The molecule has 0 amide bonds. The summed E-state index contributed by atoms with van der Waals surface area (Å²) in [7, 11) is 0. The molecule has 0 bridgehead atoms. The first kappa shape index (κ1) is 9.31. The van der Waals surface area contributed by atoms with Crippen LogP contribution >= 0.6 is 0 Å². The molecular formula is C12H18. The van der Waals surface area contributed by atoms with E-state index in [2.05, 4.69) is 45.1 Å². The van der Waals surface area contributed by atoms with Gasteiger partial charge in [0, 0.05) is 0 Å². The molecule has 0 aromatic carbocycles. The smallest absolute Gasteiger partial charge is 0.0267 e. The van der Waals surface area contributed by atoms with E-state index in [0.29, 0.717) is 0 Å². The Labute approximate surface area is 75.7 Å². The third-order valence-electron chi connectivity index (χ3n) is 2.25. The Morgan fingerprint density at radius 1 is 1.25 bits per heavy atom. The lowest BCUT2D eigenvalue weighted by Gasteiger charge is -2.06. The minimum Gasteiger partial charge on any atom is -0.0661 e. The maximum absolute atomic E-state index is 2.28. The highest BCUT2D eigenvalue weighted by Gasteiger charge is 2.00. The highest BCUT2D eigenvalue weighted by Crippen LogP contribution is 2.19. The zero-order valence-electron chi connectivity index (χ0n) is 8.30. The zero-order valence-corrected chi connectivity index (χ0v) is 8.30. The van der Waals surface area contributed by atoms with Crippen LogP contribution in [0.5, 0.6) is 0 Å². The summed E-state index contributed by atoms with van der Waals surface area (Å²) in [6.45, 7) is 6.79. The second-order valence-corrected chi connectivity index (χ2v) is 3.89. The Morgan fingerprint density at radius 3 is 2.33 bits per heavy atom. The molecule has 0 nitrogen and oxygen atoms in total. The summed E-state index contributed by atoms with van der Waals surface area (Å²) in [5, 5.41) is 0. The number of hydrogen-bond donors (Lipinski definition) is 0. The second kappa shape index (κ2) is 4.30. The van der Waals surface area contributed by atoms with Crippen LogP contribution in [0.1, 0.15) is 33.6 Å². The van der Waals surface area contributed by atoms with E-state index in [4.69, 9.17) is 0 Å². The molecule has 1 rings (SSSR count). The van der Waals surface area contributed by atoms with E-state index in [0.717, 1.165) is 5.92 Å². The van der Waals surface area contributed by atoms with Gasteiger partial charge in [-0.25, -0.2) is 0 Å². The SMILES string of the molecule is CC(CCC(C)C)=C1C=CC=C1. The molecule has 66 valence electrons. The van der Waals surface area contributed by atoms with Crippen molar-refractivity contribution in [1.82, 2.24) is 0 Å². The zero-order chi connectivity index (χ0) is 8.97. The van der Waals surface area contributed by atoms with E-state index in [-0.39, 0.29) is 0 Å². The van der Waals surface area contributed by atoms with Crippen LogP contribution in [0.2, 0.25) is 0 Å². The van der Waals surface area contributed by atoms with Gasteiger partial charge in [0.05, 0.1) is 0 Å². The maximum atomic E-state index is 2.28. The van der Waals surface area contributed by atoms with Gasteiger partial charge < -0.3 is 0 Å². The Balaban J connectivity index is 2.47. The molecule has 0 heterocycles. The van der Waals surface area contributed by atoms with Gasteiger partial charge >= 0.3 is 0 Å². The van der Waals surface area contributed by atoms with Gasteiger partial charge in [0.2, 0.25) is 0 Å². The number of hydrogen-bond acceptors (Lipinski definition) is 0. The van der Waals surface area contributed by atoms with Gasteiger partial charge in [0.15, 0.2) is 0 Å². The quantitative estimate of drug-likeness (QED) is 0.591. The van der Waals surface area contributed by atoms with Crippen LogP contribution in [0.15, 0.2) is 35.5 Å². The molecule has 0 aromatic rings. The molecule has 0 radical (unpaired) electrons. The molecule has 0 saturated heterocycles. The highest BCUT2D eigenvalue weighted by atomic mass is 14.1. The largest absolute Gasteiger partial charge is 0.0661 e. The fraction of sp³-hybridized carbons (Fsp3) is 0.500. The molecule has 1 aliphatic carbocycles. The van der Waals surface area contributed by atoms with E-state index in [9.17, 15) is 0 Å². The van der Waals surface area contributed by atoms with E-state index in [1.54, 1.807) is 0 Å². The Morgan fingerprint density at radius 2 is 1.83 bits per heavy atom. The minimum atomic E-state index is 0.815. The molecule has 0 unspecified atom stereocenters. The summed E-state index contributed by atoms with van der Waals surface area (Å²) < 4.78 is 0. The number of allylic oxidation sites excluding steroid dienone is 6. The standard InChI is InChI=1S/C12H18/c1-10(2)8-9-11(3)12-6-4-5-7-12/h4-7,10H,8-9H2,1-3H3. The molecule has 0 heteroatoms. The second-order valence-electron chi connectivity index (χ2n) is 3.89. The highest BCUT2D eigenvalue weighted by molar-refractivity contribution is 5.42. The molecule has 12 heavy (non-hydrogen) atoms. The van der Waals surface area contributed by atoms with Gasteiger partial charge in [-0.05, 0) is 31.3 Å². The van der Waals surface area contributed by atoms with Crippen LogP contribution in [0, 0.1) is 5.92 Å². The van der Waals surface area contributed by atoms with Gasteiger partial charge in [0.1, 0.15) is 0 Å². The van der Waals surface area contributed by atoms with Crippen LogP contribution < -0.4 is 0 Å². The average molecular weight is 162 g/mol. The van der Waals surface area contributed by atoms with E-state index in [1.165, 1.54) is 24.0 Å². The van der Waals surface area contributed by atoms with Crippen LogP contribution in [0.25, 0.3) is 0 Å². The Kier molecular flexibility index (Phi) is 3.33. The predicted molar refractivity (Wildman–Crippen MR) is 55.1 cm³/mol. The summed E-state index contributed by atoms with van der Waals surface area (Å²) in [4.78, 5) is 0. The lowest BCUT2D eigenvalue weighted by molar-refractivity contribution is 0.584. The van der Waals surface area contributed by atoms with Crippen LogP contribution in [0.3, 0.4) is 0 Å². The van der Waals surface area contributed by atoms with E-state index in [1.807, 2.05) is 0 Å². The molecule has 0 fully saturated rings. The Hall–Kier alpha value is -0.780. The summed E-state index contributed by atoms with van der Waals surface area (Å²) >= 11 is 0. The van der Waals surface area contributed by atoms with Gasteiger partial charge in [-0.1, -0.05) is 43.7 Å². The third kappa shape index (κ3) is 2.69. The van der Waals surface area contributed by atoms with Gasteiger partial charge in [-0.3, -0.25) is 0 Å². The van der Waals surface area contributed by atoms with Crippen molar-refractivity contribution in [3.8, 4) is 0 Å². The molecule has 1 aliphatic rings. The van der Waals surface area contributed by atoms with Crippen molar-refractivity contribution < 1.29 is 0 Å². The van der Waals surface area contributed by atoms with Gasteiger partial charge in [-0.2, -0.15) is 0 Å².